The molecular formula is C25H22ClNO3. The van der Waals surface area contributed by atoms with E-state index >= 15 is 0 Å². The van der Waals surface area contributed by atoms with E-state index in [4.69, 9.17) is 21.1 Å². The second-order valence-electron chi connectivity index (χ2n) is 7.20. The molecule has 0 aromatic heterocycles. The van der Waals surface area contributed by atoms with Gasteiger partial charge in [-0.15, -0.1) is 0 Å². The van der Waals surface area contributed by atoms with Crippen molar-refractivity contribution in [2.24, 2.45) is 5.92 Å². The van der Waals surface area contributed by atoms with Crippen LogP contribution in [-0.2, 0) is 16.1 Å². The number of benzene rings is 3. The minimum Gasteiger partial charge on any atom is -0.460 e. The van der Waals surface area contributed by atoms with Crippen LogP contribution >= 0.6 is 11.6 Å². The van der Waals surface area contributed by atoms with Crippen LogP contribution in [0.25, 0.3) is 0 Å². The Balaban J connectivity index is 1.77. The lowest BCUT2D eigenvalue weighted by atomic mass is 9.88. The number of nitrogens with zero attached hydrogens (tertiary/aromatic N) is 1. The normalized spacial score (nSPS) is 11.6. The highest BCUT2D eigenvalue weighted by Gasteiger charge is 2.26. The summed E-state index contributed by atoms with van der Waals surface area (Å²) in [4.78, 5) is 12.8. The Bertz CT molecular complexity index is 1040. The molecule has 0 aliphatic heterocycles. The maximum absolute atomic E-state index is 12.8. The van der Waals surface area contributed by atoms with Gasteiger partial charge < -0.3 is 9.47 Å². The van der Waals surface area contributed by atoms with Crippen LogP contribution in [0.5, 0.6) is 11.5 Å². The SMILES string of the molecule is CC(C)C(C(=O)OCc1cccc(Oc2ccccc2)c1C#N)c1ccc(Cl)cc1. The van der Waals surface area contributed by atoms with E-state index < -0.39 is 5.92 Å². The zero-order chi connectivity index (χ0) is 21.5. The summed E-state index contributed by atoms with van der Waals surface area (Å²) in [5, 5.41) is 10.3. The number of nitriles is 1. The lowest BCUT2D eigenvalue weighted by Crippen LogP contribution is -2.21. The first-order valence-electron chi connectivity index (χ1n) is 9.66. The minimum absolute atomic E-state index is 0.00940. The van der Waals surface area contributed by atoms with Crippen LogP contribution in [0.3, 0.4) is 0 Å². The van der Waals surface area contributed by atoms with Crippen LogP contribution < -0.4 is 4.74 Å². The van der Waals surface area contributed by atoms with Crippen molar-refractivity contribution in [1.29, 1.82) is 5.26 Å². The Morgan fingerprint density at radius 2 is 1.70 bits per heavy atom. The topological polar surface area (TPSA) is 59.3 Å². The molecule has 0 saturated carbocycles. The number of carbonyl (C=O) groups is 1. The average molecular weight is 420 g/mol. The summed E-state index contributed by atoms with van der Waals surface area (Å²) in [5.74, 6) is 0.338. The standard InChI is InChI=1S/C25H22ClNO3/c1-17(2)24(18-11-13-20(26)14-12-18)25(28)29-16-19-7-6-10-23(22(19)15-27)30-21-8-4-3-5-9-21/h3-14,17,24H,16H2,1-2H3. The van der Waals surface area contributed by atoms with Crippen LogP contribution in [0.15, 0.2) is 72.8 Å². The van der Waals surface area contributed by atoms with Crippen molar-refractivity contribution in [3.05, 3.63) is 94.5 Å². The van der Waals surface area contributed by atoms with E-state index in [0.717, 1.165) is 5.56 Å². The van der Waals surface area contributed by atoms with Crippen molar-refractivity contribution < 1.29 is 14.3 Å². The molecule has 0 aliphatic carbocycles. The van der Waals surface area contributed by atoms with Crippen molar-refractivity contribution in [3.8, 4) is 17.6 Å². The monoisotopic (exact) mass is 419 g/mol. The summed E-state index contributed by atoms with van der Waals surface area (Å²) in [7, 11) is 0. The number of para-hydroxylation sites is 1. The predicted octanol–water partition coefficient (Wildman–Crippen LogP) is 6.49. The molecule has 1 unspecified atom stereocenters. The second-order valence-corrected chi connectivity index (χ2v) is 7.63. The third-order valence-electron chi connectivity index (χ3n) is 4.71. The van der Waals surface area contributed by atoms with Gasteiger partial charge in [0.25, 0.3) is 0 Å². The van der Waals surface area contributed by atoms with Gasteiger partial charge in [0.05, 0.1) is 5.92 Å². The van der Waals surface area contributed by atoms with Gasteiger partial charge in [0.15, 0.2) is 0 Å². The van der Waals surface area contributed by atoms with Gasteiger partial charge in [0, 0.05) is 10.6 Å². The van der Waals surface area contributed by atoms with E-state index in [2.05, 4.69) is 6.07 Å². The second kappa shape index (κ2) is 9.96. The largest absolute Gasteiger partial charge is 0.460 e. The molecule has 3 aromatic carbocycles. The van der Waals surface area contributed by atoms with Crippen LogP contribution in [0.4, 0.5) is 0 Å². The number of esters is 1. The molecule has 0 spiro atoms. The summed E-state index contributed by atoms with van der Waals surface area (Å²) < 4.78 is 11.4. The molecule has 0 N–H and O–H groups in total. The van der Waals surface area contributed by atoms with E-state index in [1.807, 2.05) is 56.3 Å². The predicted molar refractivity (Wildman–Crippen MR) is 117 cm³/mol. The number of hydrogen-bond donors (Lipinski definition) is 0. The Hall–Kier alpha value is -3.29. The lowest BCUT2D eigenvalue weighted by Gasteiger charge is -2.20. The van der Waals surface area contributed by atoms with Crippen molar-refractivity contribution in [2.45, 2.75) is 26.4 Å². The van der Waals surface area contributed by atoms with Crippen molar-refractivity contribution in [1.82, 2.24) is 0 Å². The highest BCUT2D eigenvalue weighted by atomic mass is 35.5. The number of hydrogen-bond acceptors (Lipinski definition) is 4. The molecule has 152 valence electrons. The Kier molecular flexibility index (Phi) is 7.11. The Labute approximate surface area is 181 Å². The molecule has 5 heteroatoms. The highest BCUT2D eigenvalue weighted by Crippen LogP contribution is 2.30. The smallest absolute Gasteiger partial charge is 0.314 e. The third-order valence-corrected chi connectivity index (χ3v) is 4.97. The van der Waals surface area contributed by atoms with E-state index in [1.54, 1.807) is 30.3 Å². The molecule has 0 amide bonds. The van der Waals surface area contributed by atoms with Crippen molar-refractivity contribution in [3.63, 3.8) is 0 Å². The van der Waals surface area contributed by atoms with E-state index in [-0.39, 0.29) is 18.5 Å². The molecular weight excluding hydrogens is 398 g/mol. The fraction of sp³-hybridized carbons (Fsp3) is 0.200. The van der Waals surface area contributed by atoms with Gasteiger partial charge in [-0.25, -0.2) is 0 Å². The molecule has 4 nitrogen and oxygen atoms in total. The zero-order valence-corrected chi connectivity index (χ0v) is 17.6. The molecule has 0 aliphatic rings. The molecule has 30 heavy (non-hydrogen) atoms. The summed E-state index contributed by atoms with van der Waals surface area (Å²) in [5.41, 5.74) is 1.79. The van der Waals surface area contributed by atoms with Crippen LogP contribution in [-0.4, -0.2) is 5.97 Å². The minimum atomic E-state index is -0.420. The van der Waals surface area contributed by atoms with E-state index in [1.165, 1.54) is 0 Å². The fourth-order valence-corrected chi connectivity index (χ4v) is 3.35. The molecule has 3 aromatic rings. The lowest BCUT2D eigenvalue weighted by molar-refractivity contribution is -0.148. The van der Waals surface area contributed by atoms with Crippen molar-refractivity contribution >= 4 is 17.6 Å². The van der Waals surface area contributed by atoms with Crippen LogP contribution in [0.1, 0.15) is 36.5 Å². The Morgan fingerprint density at radius 1 is 1.00 bits per heavy atom. The third kappa shape index (κ3) is 5.20. The van der Waals surface area contributed by atoms with E-state index in [0.29, 0.717) is 27.6 Å². The van der Waals surface area contributed by atoms with Gasteiger partial charge in [-0.05, 0) is 41.8 Å². The van der Waals surface area contributed by atoms with Gasteiger partial charge in [-0.2, -0.15) is 5.26 Å². The average Bonchev–Trinajstić information content (AvgIpc) is 2.74. The van der Waals surface area contributed by atoms with Gasteiger partial charge in [-0.1, -0.05) is 67.9 Å². The Morgan fingerprint density at radius 3 is 2.33 bits per heavy atom. The highest BCUT2D eigenvalue weighted by molar-refractivity contribution is 6.30. The first kappa shape index (κ1) is 21.4. The maximum atomic E-state index is 12.8. The van der Waals surface area contributed by atoms with Gasteiger partial charge in [0.2, 0.25) is 0 Å². The zero-order valence-electron chi connectivity index (χ0n) is 16.8. The number of ether oxygens (including phenoxy) is 2. The number of halogens is 1. The fourth-order valence-electron chi connectivity index (χ4n) is 3.23. The summed E-state index contributed by atoms with van der Waals surface area (Å²) in [6.07, 6.45) is 0. The molecule has 0 fully saturated rings. The quantitative estimate of drug-likeness (QED) is 0.411. The molecule has 1 atom stereocenters. The summed E-state index contributed by atoms with van der Waals surface area (Å²) >= 11 is 5.96. The maximum Gasteiger partial charge on any atom is 0.314 e. The molecule has 0 bridgehead atoms. The molecule has 0 saturated heterocycles. The summed E-state index contributed by atoms with van der Waals surface area (Å²) in [6, 6.07) is 23.9. The first-order valence-corrected chi connectivity index (χ1v) is 10.0. The van der Waals surface area contributed by atoms with Crippen molar-refractivity contribution in [2.75, 3.05) is 0 Å². The number of carbonyl (C=O) groups excluding carboxylic acids is 1. The number of rotatable bonds is 7. The van der Waals surface area contributed by atoms with Gasteiger partial charge in [-0.3, -0.25) is 4.79 Å². The van der Waals surface area contributed by atoms with Gasteiger partial charge >= 0.3 is 5.97 Å². The molecule has 3 rings (SSSR count). The summed E-state index contributed by atoms with van der Waals surface area (Å²) in [6.45, 7) is 3.93. The molecule has 0 radical (unpaired) electrons. The first-order chi connectivity index (χ1) is 14.5. The van der Waals surface area contributed by atoms with Gasteiger partial charge in [0.1, 0.15) is 29.7 Å². The molecule has 0 heterocycles. The van der Waals surface area contributed by atoms with Crippen LogP contribution in [0, 0.1) is 17.2 Å². The van der Waals surface area contributed by atoms with E-state index in [9.17, 15) is 10.1 Å². The van der Waals surface area contributed by atoms with Crippen LogP contribution in [0.2, 0.25) is 5.02 Å².